The van der Waals surface area contributed by atoms with Gasteiger partial charge < -0.3 is 9.52 Å². The number of thioether (sulfide) groups is 1. The lowest BCUT2D eigenvalue weighted by Gasteiger charge is -2.39. The van der Waals surface area contributed by atoms with Gasteiger partial charge in [-0.1, -0.05) is 18.2 Å². The molecule has 8 nitrogen and oxygen atoms in total. The number of halogens is 1. The van der Waals surface area contributed by atoms with Gasteiger partial charge >= 0.3 is 0 Å². The molecule has 2 atom stereocenters. The average molecular weight is 441 g/mol. The number of aliphatic hydroxyl groups is 1. The standard InChI is InChI=1S/C20H29FN4O4S/c1-22(2)23(3)20(14-25(27)28)24(10-12-30-15-16-7-6-11-29-16)13-19(26)17-8-4-5-9-18(17)21/h4-9,11,19-20,26H,10,12-15H2,1-3H3. The highest BCUT2D eigenvalue weighted by atomic mass is 32.2. The molecule has 166 valence electrons. The molecule has 1 aromatic carbocycles. The number of nitro groups is 1. The van der Waals surface area contributed by atoms with Crippen molar-refractivity contribution in [2.45, 2.75) is 18.0 Å². The van der Waals surface area contributed by atoms with E-state index >= 15 is 0 Å². The lowest BCUT2D eigenvalue weighted by atomic mass is 10.1. The van der Waals surface area contributed by atoms with Gasteiger partial charge in [0, 0.05) is 50.5 Å². The molecule has 10 heteroatoms. The van der Waals surface area contributed by atoms with Crippen LogP contribution in [0.15, 0.2) is 47.1 Å². The van der Waals surface area contributed by atoms with Gasteiger partial charge in [-0.25, -0.2) is 14.4 Å². The summed E-state index contributed by atoms with van der Waals surface area (Å²) in [5.41, 5.74) is 0.179. The maximum absolute atomic E-state index is 14.1. The molecule has 0 spiro atoms. The van der Waals surface area contributed by atoms with Crippen LogP contribution in [0, 0.1) is 15.9 Å². The predicted octanol–water partition coefficient (Wildman–Crippen LogP) is 2.70. The lowest BCUT2D eigenvalue weighted by Crippen LogP contribution is -2.56. The van der Waals surface area contributed by atoms with Crippen LogP contribution in [0.2, 0.25) is 0 Å². The molecule has 0 saturated carbocycles. The Labute approximate surface area is 180 Å². The van der Waals surface area contributed by atoms with E-state index in [2.05, 4.69) is 0 Å². The van der Waals surface area contributed by atoms with E-state index in [0.717, 1.165) is 5.76 Å². The first-order chi connectivity index (χ1) is 14.3. The Bertz CT molecular complexity index is 778. The van der Waals surface area contributed by atoms with Crippen molar-refractivity contribution in [2.24, 2.45) is 0 Å². The van der Waals surface area contributed by atoms with Crippen molar-refractivity contribution in [2.75, 3.05) is 46.5 Å². The van der Waals surface area contributed by atoms with Gasteiger partial charge in [0.15, 0.2) is 0 Å². The maximum Gasteiger partial charge on any atom is 0.233 e. The molecule has 1 heterocycles. The van der Waals surface area contributed by atoms with Gasteiger partial charge in [-0.2, -0.15) is 11.8 Å². The SMILES string of the molecule is CN(C)N(C)C(C[N+](=O)[O-])N(CCSCc1ccco1)CC(O)c1ccccc1F. The van der Waals surface area contributed by atoms with Crippen LogP contribution in [0.3, 0.4) is 0 Å². The zero-order valence-corrected chi connectivity index (χ0v) is 18.3. The van der Waals surface area contributed by atoms with Gasteiger partial charge in [0.25, 0.3) is 0 Å². The fraction of sp³-hybridized carbons (Fsp3) is 0.500. The molecule has 30 heavy (non-hydrogen) atoms. The summed E-state index contributed by atoms with van der Waals surface area (Å²) in [7, 11) is 5.35. The van der Waals surface area contributed by atoms with Gasteiger partial charge in [0.05, 0.1) is 18.1 Å². The predicted molar refractivity (Wildman–Crippen MR) is 115 cm³/mol. The van der Waals surface area contributed by atoms with Crippen LogP contribution < -0.4 is 0 Å². The highest BCUT2D eigenvalue weighted by molar-refractivity contribution is 7.98. The molecule has 2 unspecified atom stereocenters. The second-order valence-corrected chi connectivity index (χ2v) is 8.19. The average Bonchev–Trinajstić information content (AvgIpc) is 3.21. The maximum atomic E-state index is 14.1. The van der Waals surface area contributed by atoms with Crippen LogP contribution >= 0.6 is 11.8 Å². The Morgan fingerprint density at radius 2 is 1.97 bits per heavy atom. The van der Waals surface area contributed by atoms with E-state index in [9.17, 15) is 19.6 Å². The van der Waals surface area contributed by atoms with Crippen molar-refractivity contribution in [1.29, 1.82) is 0 Å². The summed E-state index contributed by atoms with van der Waals surface area (Å²) in [6.45, 7) is 0.216. The topological polar surface area (TPSA) is 86.2 Å². The van der Waals surface area contributed by atoms with E-state index < -0.39 is 18.1 Å². The number of hydrogen-bond acceptors (Lipinski definition) is 8. The van der Waals surface area contributed by atoms with Crippen molar-refractivity contribution in [1.82, 2.24) is 14.9 Å². The van der Waals surface area contributed by atoms with Gasteiger partial charge in [-0.15, -0.1) is 0 Å². The summed E-state index contributed by atoms with van der Waals surface area (Å²) < 4.78 is 19.5. The molecule has 1 aromatic heterocycles. The first-order valence-electron chi connectivity index (χ1n) is 9.58. The second-order valence-electron chi connectivity index (χ2n) is 7.08. The van der Waals surface area contributed by atoms with E-state index in [1.54, 1.807) is 61.3 Å². The number of rotatable bonds is 13. The molecular formula is C20H29FN4O4S. The Hall–Kier alpha value is -1.98. The number of nitrogens with zero attached hydrogens (tertiary/aromatic N) is 4. The Balaban J connectivity index is 2.13. The molecule has 0 aliphatic heterocycles. The summed E-state index contributed by atoms with van der Waals surface area (Å²) in [6, 6.07) is 9.76. The van der Waals surface area contributed by atoms with Crippen molar-refractivity contribution < 1.29 is 18.8 Å². The number of hydrazine groups is 1. The summed E-state index contributed by atoms with van der Waals surface area (Å²) in [5, 5.41) is 25.5. The molecule has 2 rings (SSSR count). The first-order valence-corrected chi connectivity index (χ1v) is 10.7. The minimum Gasteiger partial charge on any atom is -0.468 e. The Morgan fingerprint density at radius 3 is 2.57 bits per heavy atom. The first kappa shape index (κ1) is 24.3. The van der Waals surface area contributed by atoms with E-state index in [-0.39, 0.29) is 23.6 Å². The fourth-order valence-electron chi connectivity index (χ4n) is 3.05. The van der Waals surface area contributed by atoms with E-state index in [4.69, 9.17) is 4.42 Å². The number of benzene rings is 1. The van der Waals surface area contributed by atoms with E-state index in [0.29, 0.717) is 18.1 Å². The van der Waals surface area contributed by atoms with Crippen LogP contribution in [-0.4, -0.2) is 77.6 Å². The quantitative estimate of drug-likeness (QED) is 0.220. The summed E-state index contributed by atoms with van der Waals surface area (Å²) in [6.07, 6.45) is -0.0849. The van der Waals surface area contributed by atoms with Crippen molar-refractivity contribution in [3.05, 3.63) is 69.9 Å². The number of hydrogen-bond donors (Lipinski definition) is 1. The third-order valence-corrected chi connectivity index (χ3v) is 5.77. The summed E-state index contributed by atoms with van der Waals surface area (Å²) in [4.78, 5) is 12.8. The highest BCUT2D eigenvalue weighted by Crippen LogP contribution is 2.21. The molecule has 0 fully saturated rings. The lowest BCUT2D eigenvalue weighted by molar-refractivity contribution is -0.494. The van der Waals surface area contributed by atoms with Crippen molar-refractivity contribution in [3.8, 4) is 0 Å². The molecule has 0 aliphatic carbocycles. The minimum absolute atomic E-state index is 0.0684. The monoisotopic (exact) mass is 440 g/mol. The largest absolute Gasteiger partial charge is 0.468 e. The molecule has 0 saturated heterocycles. The van der Waals surface area contributed by atoms with Crippen LogP contribution in [-0.2, 0) is 5.75 Å². The second kappa shape index (κ2) is 12.0. The van der Waals surface area contributed by atoms with Gasteiger partial charge in [0.1, 0.15) is 17.7 Å². The van der Waals surface area contributed by atoms with Gasteiger partial charge in [0.2, 0.25) is 6.54 Å². The van der Waals surface area contributed by atoms with E-state index in [1.807, 2.05) is 17.0 Å². The highest BCUT2D eigenvalue weighted by Gasteiger charge is 2.31. The molecular weight excluding hydrogens is 411 g/mol. The number of furan rings is 1. The molecule has 0 amide bonds. The van der Waals surface area contributed by atoms with Crippen LogP contribution in [0.5, 0.6) is 0 Å². The fourth-order valence-corrected chi connectivity index (χ4v) is 3.92. The van der Waals surface area contributed by atoms with Crippen LogP contribution in [0.1, 0.15) is 17.4 Å². The molecule has 0 bridgehead atoms. The summed E-state index contributed by atoms with van der Waals surface area (Å²) >= 11 is 1.63. The van der Waals surface area contributed by atoms with E-state index in [1.165, 1.54) is 12.1 Å². The summed E-state index contributed by atoms with van der Waals surface area (Å²) in [5.74, 6) is 1.70. The van der Waals surface area contributed by atoms with Gasteiger partial charge in [-0.3, -0.25) is 15.0 Å². The third kappa shape index (κ3) is 7.37. The molecule has 1 N–H and O–H groups in total. The number of likely N-dealkylation sites (N-methyl/N-ethyl adjacent to an activating group) is 1. The zero-order valence-electron chi connectivity index (χ0n) is 17.5. The van der Waals surface area contributed by atoms with Crippen LogP contribution in [0.25, 0.3) is 0 Å². The normalized spacial score (nSPS) is 13.9. The van der Waals surface area contributed by atoms with Gasteiger partial charge in [-0.05, 0) is 18.2 Å². The Kier molecular flexibility index (Phi) is 9.73. The molecule has 0 aliphatic rings. The Morgan fingerprint density at radius 1 is 1.23 bits per heavy atom. The minimum atomic E-state index is -1.11. The third-order valence-electron chi connectivity index (χ3n) is 4.82. The molecule has 0 radical (unpaired) electrons. The smallest absolute Gasteiger partial charge is 0.233 e. The van der Waals surface area contributed by atoms with Crippen molar-refractivity contribution >= 4 is 11.8 Å². The number of aliphatic hydroxyl groups excluding tert-OH is 1. The molecule has 2 aromatic rings. The zero-order chi connectivity index (χ0) is 22.1. The van der Waals surface area contributed by atoms with Crippen LogP contribution in [0.4, 0.5) is 4.39 Å². The van der Waals surface area contributed by atoms with Crippen molar-refractivity contribution in [3.63, 3.8) is 0 Å².